The van der Waals surface area contributed by atoms with E-state index in [-0.39, 0.29) is 11.9 Å². The summed E-state index contributed by atoms with van der Waals surface area (Å²) in [5, 5.41) is 4.04. The zero-order valence-corrected chi connectivity index (χ0v) is 13.3. The van der Waals surface area contributed by atoms with Gasteiger partial charge in [-0.2, -0.15) is 0 Å². The molecule has 1 amide bonds. The van der Waals surface area contributed by atoms with Crippen LogP contribution in [0.15, 0.2) is 36.9 Å². The summed E-state index contributed by atoms with van der Waals surface area (Å²) in [5.74, 6) is 0.256. The van der Waals surface area contributed by atoms with Crippen molar-refractivity contribution in [1.82, 2.24) is 10.2 Å². The van der Waals surface area contributed by atoms with Crippen LogP contribution in [0, 0.1) is 0 Å². The van der Waals surface area contributed by atoms with Gasteiger partial charge in [0.1, 0.15) is 0 Å². The minimum Gasteiger partial charge on any atom is -0.333 e. The van der Waals surface area contributed by atoms with Gasteiger partial charge in [0, 0.05) is 24.0 Å². The Balaban J connectivity index is 2.01. The van der Waals surface area contributed by atoms with Crippen LogP contribution in [0.1, 0.15) is 37.8 Å². The van der Waals surface area contributed by atoms with E-state index >= 15 is 0 Å². The van der Waals surface area contributed by atoms with Crippen LogP contribution in [0.4, 0.5) is 0 Å². The lowest BCUT2D eigenvalue weighted by molar-refractivity contribution is -0.131. The minimum atomic E-state index is 0.0988. The maximum Gasteiger partial charge on any atom is 0.223 e. The van der Waals surface area contributed by atoms with Gasteiger partial charge in [0.2, 0.25) is 5.91 Å². The average molecular weight is 307 g/mol. The first kappa shape index (κ1) is 16.1. The number of nitrogens with one attached hydrogen (secondary N) is 1. The Bertz CT molecular complexity index is 486. The predicted molar refractivity (Wildman–Crippen MR) is 87.4 cm³/mol. The first-order valence-corrected chi connectivity index (χ1v) is 7.89. The molecule has 21 heavy (non-hydrogen) atoms. The molecule has 0 aliphatic carbocycles. The largest absolute Gasteiger partial charge is 0.333 e. The lowest BCUT2D eigenvalue weighted by Gasteiger charge is -2.31. The Morgan fingerprint density at radius 3 is 2.86 bits per heavy atom. The van der Waals surface area contributed by atoms with Gasteiger partial charge in [0.15, 0.2) is 0 Å². The molecule has 1 saturated heterocycles. The molecular formula is C17H23ClN2O. The second-order valence-electron chi connectivity index (χ2n) is 5.50. The Morgan fingerprint density at radius 1 is 1.48 bits per heavy atom. The maximum atomic E-state index is 12.2. The molecule has 1 aromatic carbocycles. The minimum absolute atomic E-state index is 0.0988. The second kappa shape index (κ2) is 7.62. The fourth-order valence-corrected chi connectivity index (χ4v) is 3.08. The second-order valence-corrected chi connectivity index (χ2v) is 5.94. The van der Waals surface area contributed by atoms with E-state index in [1.807, 2.05) is 35.2 Å². The number of hydrogen-bond donors (Lipinski definition) is 1. The van der Waals surface area contributed by atoms with E-state index in [9.17, 15) is 4.79 Å². The number of halogens is 1. The summed E-state index contributed by atoms with van der Waals surface area (Å²) in [4.78, 5) is 14.3. The molecule has 114 valence electrons. The van der Waals surface area contributed by atoms with E-state index in [0.717, 1.165) is 36.5 Å². The normalized spacial score (nSPS) is 19.8. The number of nitrogens with zero attached hydrogens (tertiary/aromatic N) is 1. The van der Waals surface area contributed by atoms with Crippen molar-refractivity contribution in [1.29, 1.82) is 0 Å². The van der Waals surface area contributed by atoms with Crippen LogP contribution >= 0.6 is 11.6 Å². The molecule has 2 rings (SSSR count). The summed E-state index contributed by atoms with van der Waals surface area (Å²) in [6.07, 6.45) is 4.45. The molecule has 1 heterocycles. The van der Waals surface area contributed by atoms with Crippen molar-refractivity contribution in [2.24, 2.45) is 0 Å². The molecule has 0 unspecified atom stereocenters. The number of amides is 1. The van der Waals surface area contributed by atoms with Crippen LogP contribution < -0.4 is 5.32 Å². The summed E-state index contributed by atoms with van der Waals surface area (Å²) in [5.41, 5.74) is 1.14. The Hall–Kier alpha value is -1.32. The molecule has 1 aliphatic heterocycles. The summed E-state index contributed by atoms with van der Waals surface area (Å²) in [7, 11) is 0. The van der Waals surface area contributed by atoms with Crippen molar-refractivity contribution >= 4 is 17.5 Å². The Kier molecular flexibility index (Phi) is 5.83. The van der Waals surface area contributed by atoms with Gasteiger partial charge in [-0.3, -0.25) is 4.79 Å². The molecule has 0 aromatic heterocycles. The van der Waals surface area contributed by atoms with Crippen molar-refractivity contribution in [3.63, 3.8) is 0 Å². The van der Waals surface area contributed by atoms with E-state index in [0.29, 0.717) is 12.5 Å². The molecule has 0 radical (unpaired) electrons. The summed E-state index contributed by atoms with van der Waals surface area (Å²) in [6, 6.07) is 8.20. The van der Waals surface area contributed by atoms with Gasteiger partial charge in [-0.05, 0) is 44.0 Å². The molecule has 1 fully saturated rings. The van der Waals surface area contributed by atoms with E-state index in [2.05, 4.69) is 18.8 Å². The molecule has 1 aliphatic rings. The predicted octanol–water partition coefficient (Wildman–Crippen LogP) is 3.56. The van der Waals surface area contributed by atoms with Crippen LogP contribution in [0.3, 0.4) is 0 Å². The van der Waals surface area contributed by atoms with Crippen molar-refractivity contribution in [3.8, 4) is 0 Å². The highest BCUT2D eigenvalue weighted by atomic mass is 35.5. The third-order valence-corrected chi connectivity index (χ3v) is 4.34. The van der Waals surface area contributed by atoms with E-state index in [1.165, 1.54) is 0 Å². The van der Waals surface area contributed by atoms with Gasteiger partial charge < -0.3 is 10.2 Å². The molecule has 1 N–H and O–H groups in total. The molecule has 1 aromatic rings. The van der Waals surface area contributed by atoms with E-state index in [4.69, 9.17) is 11.6 Å². The lowest BCUT2D eigenvalue weighted by Crippen LogP contribution is -2.37. The smallest absolute Gasteiger partial charge is 0.223 e. The number of hydrogen-bond acceptors (Lipinski definition) is 2. The zero-order valence-electron chi connectivity index (χ0n) is 12.5. The van der Waals surface area contributed by atoms with Crippen molar-refractivity contribution < 1.29 is 4.79 Å². The Labute approximate surface area is 132 Å². The lowest BCUT2D eigenvalue weighted by atomic mass is 10.0. The first-order valence-electron chi connectivity index (χ1n) is 7.51. The molecule has 3 nitrogen and oxygen atoms in total. The van der Waals surface area contributed by atoms with Gasteiger partial charge in [-0.15, -0.1) is 6.58 Å². The summed E-state index contributed by atoms with van der Waals surface area (Å²) in [6.45, 7) is 7.51. The highest BCUT2D eigenvalue weighted by Crippen LogP contribution is 2.31. The van der Waals surface area contributed by atoms with Gasteiger partial charge in [-0.25, -0.2) is 0 Å². The first-order chi connectivity index (χ1) is 10.1. The SMILES string of the molecule is C=CCNCC[C@H]1CCC(=O)N1[C@H](C)c1ccc(Cl)cc1. The van der Waals surface area contributed by atoms with E-state index in [1.54, 1.807) is 0 Å². The molecule has 0 bridgehead atoms. The number of benzene rings is 1. The standard InChI is InChI=1S/C17H23ClN2O/c1-3-11-19-12-10-16-8-9-17(21)20(16)13(2)14-4-6-15(18)7-5-14/h3-7,13,16,19H,1,8-12H2,2H3/t13-,16-/m1/s1. The molecule has 0 spiro atoms. The van der Waals surface area contributed by atoms with Crippen molar-refractivity contribution in [3.05, 3.63) is 47.5 Å². The monoisotopic (exact) mass is 306 g/mol. The van der Waals surface area contributed by atoms with Crippen LogP contribution in [0.25, 0.3) is 0 Å². The van der Waals surface area contributed by atoms with Gasteiger partial charge in [-0.1, -0.05) is 29.8 Å². The number of rotatable bonds is 7. The fourth-order valence-electron chi connectivity index (χ4n) is 2.95. The molecule has 4 heteroatoms. The van der Waals surface area contributed by atoms with Crippen LogP contribution in [-0.4, -0.2) is 29.9 Å². The third kappa shape index (κ3) is 4.08. The van der Waals surface area contributed by atoms with Gasteiger partial charge >= 0.3 is 0 Å². The summed E-state index contributed by atoms with van der Waals surface area (Å²) < 4.78 is 0. The third-order valence-electron chi connectivity index (χ3n) is 4.09. The highest BCUT2D eigenvalue weighted by molar-refractivity contribution is 6.30. The number of likely N-dealkylation sites (tertiary alicyclic amines) is 1. The Morgan fingerprint density at radius 2 is 2.19 bits per heavy atom. The fraction of sp³-hybridized carbons (Fsp3) is 0.471. The number of carbonyl (C=O) groups excluding carboxylic acids is 1. The quantitative estimate of drug-likeness (QED) is 0.617. The maximum absolute atomic E-state index is 12.2. The zero-order chi connectivity index (χ0) is 15.2. The van der Waals surface area contributed by atoms with Gasteiger partial charge in [0.25, 0.3) is 0 Å². The highest BCUT2D eigenvalue weighted by Gasteiger charge is 2.34. The van der Waals surface area contributed by atoms with E-state index < -0.39 is 0 Å². The van der Waals surface area contributed by atoms with Crippen molar-refractivity contribution in [2.45, 2.75) is 38.3 Å². The van der Waals surface area contributed by atoms with Crippen molar-refractivity contribution in [2.75, 3.05) is 13.1 Å². The van der Waals surface area contributed by atoms with Gasteiger partial charge in [0.05, 0.1) is 6.04 Å². The molecule has 0 saturated carbocycles. The number of carbonyl (C=O) groups is 1. The molecule has 2 atom stereocenters. The van der Waals surface area contributed by atoms with Crippen LogP contribution in [0.2, 0.25) is 5.02 Å². The van der Waals surface area contributed by atoms with Crippen LogP contribution in [-0.2, 0) is 4.79 Å². The summed E-state index contributed by atoms with van der Waals surface area (Å²) >= 11 is 5.93. The topological polar surface area (TPSA) is 32.3 Å². The average Bonchev–Trinajstić information content (AvgIpc) is 2.85. The van der Waals surface area contributed by atoms with Crippen LogP contribution in [0.5, 0.6) is 0 Å². The molecular weight excluding hydrogens is 284 g/mol.